The molecule has 9 nitrogen and oxygen atoms in total. The zero-order valence-electron chi connectivity index (χ0n) is 20.3. The number of sulfonamides is 1. The number of rotatable bonds is 12. The van der Waals surface area contributed by atoms with Gasteiger partial charge in [-0.3, -0.25) is 13.9 Å². The van der Waals surface area contributed by atoms with Crippen LogP contribution in [0.15, 0.2) is 48.5 Å². The molecule has 0 aliphatic heterocycles. The van der Waals surface area contributed by atoms with Crippen LogP contribution in [0.25, 0.3) is 0 Å². The minimum absolute atomic E-state index is 0.151. The van der Waals surface area contributed by atoms with Crippen molar-refractivity contribution in [1.82, 2.24) is 10.2 Å². The number of carbonyl (C=O) groups is 2. The summed E-state index contributed by atoms with van der Waals surface area (Å²) >= 11 is 0. The summed E-state index contributed by atoms with van der Waals surface area (Å²) in [6, 6.07) is 13.1. The molecular weight excluding hydrogens is 458 g/mol. The lowest BCUT2D eigenvalue weighted by Crippen LogP contribution is -2.51. The molecule has 34 heavy (non-hydrogen) atoms. The molecule has 2 amide bonds. The third kappa shape index (κ3) is 7.11. The molecular formula is C24H33N3O6S. The molecule has 1 N–H and O–H groups in total. The number of ether oxygens (including phenoxy) is 2. The lowest BCUT2D eigenvalue weighted by atomic mass is 10.1. The molecule has 2 aromatic rings. The fourth-order valence-corrected chi connectivity index (χ4v) is 4.20. The Hall–Kier alpha value is -3.27. The molecule has 1 atom stereocenters. The van der Waals surface area contributed by atoms with Crippen LogP contribution in [0.5, 0.6) is 11.5 Å². The average molecular weight is 492 g/mol. The number of hydrogen-bond donors (Lipinski definition) is 1. The predicted molar refractivity (Wildman–Crippen MR) is 131 cm³/mol. The molecule has 10 heteroatoms. The number of anilines is 1. The Labute approximate surface area is 201 Å². The number of hydrogen-bond acceptors (Lipinski definition) is 6. The van der Waals surface area contributed by atoms with Crippen molar-refractivity contribution in [2.75, 3.05) is 37.9 Å². The first-order chi connectivity index (χ1) is 16.1. The maximum absolute atomic E-state index is 13.5. The number of amides is 2. The van der Waals surface area contributed by atoms with Crippen LogP contribution in [0.3, 0.4) is 0 Å². The first kappa shape index (κ1) is 27.0. The van der Waals surface area contributed by atoms with E-state index >= 15 is 0 Å². The number of methoxy groups -OCH3 is 2. The monoisotopic (exact) mass is 491 g/mol. The minimum Gasteiger partial charge on any atom is -0.497 e. The first-order valence-electron chi connectivity index (χ1n) is 10.9. The van der Waals surface area contributed by atoms with Crippen LogP contribution < -0.4 is 19.1 Å². The first-order valence-corrected chi connectivity index (χ1v) is 12.8. The largest absolute Gasteiger partial charge is 0.497 e. The smallest absolute Gasteiger partial charge is 0.244 e. The maximum atomic E-state index is 13.5. The quantitative estimate of drug-likeness (QED) is 0.489. The van der Waals surface area contributed by atoms with Crippen molar-refractivity contribution >= 4 is 27.5 Å². The summed E-state index contributed by atoms with van der Waals surface area (Å²) in [6.45, 7) is 3.70. The molecule has 2 rings (SSSR count). The molecule has 0 saturated carbocycles. The van der Waals surface area contributed by atoms with Crippen LogP contribution in [-0.2, 0) is 26.2 Å². The molecule has 0 fully saturated rings. The van der Waals surface area contributed by atoms with Gasteiger partial charge in [-0.1, -0.05) is 37.3 Å². The summed E-state index contributed by atoms with van der Waals surface area (Å²) in [7, 11) is -0.977. The third-order valence-electron chi connectivity index (χ3n) is 5.25. The Balaban J connectivity index is 2.42. The summed E-state index contributed by atoms with van der Waals surface area (Å²) < 4.78 is 36.9. The second-order valence-corrected chi connectivity index (χ2v) is 9.69. The van der Waals surface area contributed by atoms with Crippen molar-refractivity contribution in [2.24, 2.45) is 0 Å². The van der Waals surface area contributed by atoms with Crippen molar-refractivity contribution in [2.45, 2.75) is 32.9 Å². The molecule has 0 bridgehead atoms. The van der Waals surface area contributed by atoms with Gasteiger partial charge in [-0.15, -0.1) is 0 Å². The fourth-order valence-electron chi connectivity index (χ4n) is 3.34. The van der Waals surface area contributed by atoms with Gasteiger partial charge in [0.2, 0.25) is 21.8 Å². The second-order valence-electron chi connectivity index (χ2n) is 7.78. The van der Waals surface area contributed by atoms with Crippen LogP contribution in [0, 0.1) is 0 Å². The van der Waals surface area contributed by atoms with Gasteiger partial charge in [0.25, 0.3) is 0 Å². The van der Waals surface area contributed by atoms with Gasteiger partial charge in [0, 0.05) is 19.2 Å². The molecule has 0 spiro atoms. The summed E-state index contributed by atoms with van der Waals surface area (Å²) in [4.78, 5) is 27.6. The van der Waals surface area contributed by atoms with Gasteiger partial charge < -0.3 is 19.7 Å². The second kappa shape index (κ2) is 12.3. The summed E-state index contributed by atoms with van der Waals surface area (Å²) in [6.07, 6.45) is 1.77. The Bertz CT molecular complexity index is 1080. The van der Waals surface area contributed by atoms with E-state index < -0.39 is 28.5 Å². The standard InChI is InChI=1S/C24H33N3O6S/c1-6-14-25-24(29)18(2)26(16-19-10-8-7-9-11-19)23(28)17-27(34(5,30)31)21-13-12-20(32-3)15-22(21)33-4/h7-13,15,18H,6,14,16-17H2,1-5H3,(H,25,29). The zero-order valence-corrected chi connectivity index (χ0v) is 21.1. The fraction of sp³-hybridized carbons (Fsp3) is 0.417. The van der Waals surface area contributed by atoms with Crippen molar-refractivity contribution in [3.8, 4) is 11.5 Å². The van der Waals surface area contributed by atoms with Crippen molar-refractivity contribution < 1.29 is 27.5 Å². The molecule has 0 aliphatic carbocycles. The molecule has 0 aromatic heterocycles. The van der Waals surface area contributed by atoms with Gasteiger partial charge in [0.1, 0.15) is 24.1 Å². The van der Waals surface area contributed by atoms with E-state index in [0.29, 0.717) is 12.3 Å². The van der Waals surface area contributed by atoms with Gasteiger partial charge >= 0.3 is 0 Å². The van der Waals surface area contributed by atoms with Crippen LogP contribution in [0.1, 0.15) is 25.8 Å². The molecule has 0 radical (unpaired) electrons. The van der Waals surface area contributed by atoms with Crippen LogP contribution >= 0.6 is 0 Å². The van der Waals surface area contributed by atoms with E-state index in [4.69, 9.17) is 9.47 Å². The Kier molecular flexibility index (Phi) is 9.73. The average Bonchev–Trinajstić information content (AvgIpc) is 2.83. The van der Waals surface area contributed by atoms with Crippen molar-refractivity contribution in [3.63, 3.8) is 0 Å². The summed E-state index contributed by atoms with van der Waals surface area (Å²) in [5.41, 5.74) is 1.01. The van der Waals surface area contributed by atoms with E-state index in [9.17, 15) is 18.0 Å². The lowest BCUT2D eigenvalue weighted by molar-refractivity contribution is -0.139. The number of carbonyl (C=O) groups excluding carboxylic acids is 2. The zero-order chi connectivity index (χ0) is 25.3. The van der Waals surface area contributed by atoms with Crippen LogP contribution in [0.4, 0.5) is 5.69 Å². The SMILES string of the molecule is CCCNC(=O)C(C)N(Cc1ccccc1)C(=O)CN(c1ccc(OC)cc1OC)S(C)(=O)=O. The lowest BCUT2D eigenvalue weighted by Gasteiger charge is -2.31. The van der Waals surface area contributed by atoms with Gasteiger partial charge in [0.05, 0.1) is 26.2 Å². The van der Waals surface area contributed by atoms with Gasteiger partial charge in [-0.25, -0.2) is 8.42 Å². The highest BCUT2D eigenvalue weighted by Gasteiger charge is 2.31. The van der Waals surface area contributed by atoms with Gasteiger partial charge in [0.15, 0.2) is 0 Å². The number of nitrogens with one attached hydrogen (secondary N) is 1. The summed E-state index contributed by atoms with van der Waals surface area (Å²) in [5, 5.41) is 2.80. The Morgan fingerprint density at radius 2 is 1.74 bits per heavy atom. The van der Waals surface area contributed by atoms with E-state index in [1.165, 1.54) is 25.2 Å². The Morgan fingerprint density at radius 1 is 1.06 bits per heavy atom. The number of nitrogens with zero attached hydrogens (tertiary/aromatic N) is 2. The molecule has 0 saturated heterocycles. The van der Waals surface area contributed by atoms with Crippen LogP contribution in [-0.4, -0.2) is 64.7 Å². The minimum atomic E-state index is -3.87. The number of benzene rings is 2. The molecule has 2 aromatic carbocycles. The van der Waals surface area contributed by atoms with Gasteiger partial charge in [-0.2, -0.15) is 0 Å². The highest BCUT2D eigenvalue weighted by atomic mass is 32.2. The topological polar surface area (TPSA) is 105 Å². The van der Waals surface area contributed by atoms with E-state index in [0.717, 1.165) is 22.5 Å². The molecule has 1 unspecified atom stereocenters. The third-order valence-corrected chi connectivity index (χ3v) is 6.37. The van der Waals surface area contributed by atoms with E-state index in [2.05, 4.69) is 5.32 Å². The maximum Gasteiger partial charge on any atom is 0.244 e. The normalized spacial score (nSPS) is 11.9. The summed E-state index contributed by atoms with van der Waals surface area (Å²) in [5.74, 6) is -0.112. The highest BCUT2D eigenvalue weighted by molar-refractivity contribution is 7.92. The van der Waals surface area contributed by atoms with Crippen molar-refractivity contribution in [1.29, 1.82) is 0 Å². The van der Waals surface area contributed by atoms with E-state index in [1.807, 2.05) is 37.3 Å². The molecule has 0 aliphatic rings. The highest BCUT2D eigenvalue weighted by Crippen LogP contribution is 2.33. The predicted octanol–water partition coefficient (Wildman–Crippen LogP) is 2.41. The van der Waals surface area contributed by atoms with E-state index in [1.54, 1.807) is 19.1 Å². The van der Waals surface area contributed by atoms with Crippen LogP contribution in [0.2, 0.25) is 0 Å². The Morgan fingerprint density at radius 3 is 2.29 bits per heavy atom. The molecule has 0 heterocycles. The van der Waals surface area contributed by atoms with Gasteiger partial charge in [-0.05, 0) is 31.0 Å². The van der Waals surface area contributed by atoms with E-state index in [-0.39, 0.29) is 23.9 Å². The van der Waals surface area contributed by atoms with Crippen molar-refractivity contribution in [3.05, 3.63) is 54.1 Å². The molecule has 186 valence electrons.